The lowest BCUT2D eigenvalue weighted by Crippen LogP contribution is -2.26. The van der Waals surface area contributed by atoms with Crippen LogP contribution in [0.1, 0.15) is 24.6 Å². The van der Waals surface area contributed by atoms with Gasteiger partial charge in [-0.15, -0.1) is 0 Å². The Labute approximate surface area is 106 Å². The summed E-state index contributed by atoms with van der Waals surface area (Å²) in [6.07, 6.45) is 2.29. The first-order valence-electron chi connectivity index (χ1n) is 5.59. The number of hydrogen-bond acceptors (Lipinski definition) is 3. The highest BCUT2D eigenvalue weighted by atomic mass is 32.1. The molecule has 0 bridgehead atoms. The summed E-state index contributed by atoms with van der Waals surface area (Å²) >= 11 is 4.95. The molecule has 0 aromatic carbocycles. The predicted octanol–water partition coefficient (Wildman–Crippen LogP) is 1.08. The summed E-state index contributed by atoms with van der Waals surface area (Å²) in [7, 11) is 0. The Morgan fingerprint density at radius 2 is 2.47 bits per heavy atom. The van der Waals surface area contributed by atoms with Gasteiger partial charge in [-0.3, -0.25) is 9.78 Å². The van der Waals surface area contributed by atoms with Crippen LogP contribution < -0.4 is 5.73 Å². The molecule has 1 atom stereocenters. The van der Waals surface area contributed by atoms with Gasteiger partial charge in [0.05, 0.1) is 0 Å². The molecule has 1 saturated heterocycles. The number of carbonyl (C=O) groups is 1. The zero-order valence-corrected chi connectivity index (χ0v) is 10.5. The number of thiocarbonyl (C=S) groups is 1. The normalized spacial score (nSPS) is 19.7. The summed E-state index contributed by atoms with van der Waals surface area (Å²) in [5.41, 5.74) is 7.16. The highest BCUT2D eigenvalue weighted by Gasteiger charge is 2.27. The molecular formula is C12H15N3OS. The number of nitrogens with zero attached hydrogens (tertiary/aromatic N) is 2. The van der Waals surface area contributed by atoms with Gasteiger partial charge >= 0.3 is 0 Å². The van der Waals surface area contributed by atoms with E-state index in [1.807, 2.05) is 17.0 Å². The van der Waals surface area contributed by atoms with Gasteiger partial charge in [-0.05, 0) is 12.0 Å². The Balaban J connectivity index is 2.19. The third kappa shape index (κ3) is 2.61. The van der Waals surface area contributed by atoms with Crippen LogP contribution in [0.2, 0.25) is 0 Å². The summed E-state index contributed by atoms with van der Waals surface area (Å²) < 4.78 is 0. The van der Waals surface area contributed by atoms with E-state index in [9.17, 15) is 4.79 Å². The molecule has 0 saturated carbocycles. The average molecular weight is 249 g/mol. The van der Waals surface area contributed by atoms with Gasteiger partial charge in [0.2, 0.25) is 5.91 Å². The maximum absolute atomic E-state index is 11.7. The largest absolute Gasteiger partial charge is 0.388 e. The topological polar surface area (TPSA) is 59.2 Å². The van der Waals surface area contributed by atoms with Crippen LogP contribution in [0.25, 0.3) is 0 Å². The molecule has 0 radical (unpaired) electrons. The van der Waals surface area contributed by atoms with Crippen LogP contribution in [0.15, 0.2) is 18.3 Å². The second-order valence-electron chi connectivity index (χ2n) is 4.46. The summed E-state index contributed by atoms with van der Waals surface area (Å²) in [6, 6.07) is 3.75. The SMILES string of the molecule is CC1CC(=O)N(Cc2cccnc2C(N)=S)C1. The standard InChI is InChI=1S/C12H15N3OS/c1-8-5-10(16)15(6-8)7-9-3-2-4-14-11(9)12(13)17/h2-4,8H,5-7H2,1H3,(H2,13,17). The zero-order chi connectivity index (χ0) is 12.4. The van der Waals surface area contributed by atoms with Gasteiger partial charge < -0.3 is 10.6 Å². The van der Waals surface area contributed by atoms with E-state index in [0.29, 0.717) is 24.6 Å². The second-order valence-corrected chi connectivity index (χ2v) is 4.90. The lowest BCUT2D eigenvalue weighted by molar-refractivity contribution is -0.128. The number of pyridine rings is 1. The number of aromatic nitrogens is 1. The maximum atomic E-state index is 11.7. The van der Waals surface area contributed by atoms with Crippen molar-refractivity contribution in [1.82, 2.24) is 9.88 Å². The Kier molecular flexibility index (Phi) is 3.38. The van der Waals surface area contributed by atoms with E-state index >= 15 is 0 Å². The van der Waals surface area contributed by atoms with Crippen LogP contribution >= 0.6 is 12.2 Å². The molecule has 90 valence electrons. The number of amides is 1. The fourth-order valence-electron chi connectivity index (χ4n) is 2.12. The van der Waals surface area contributed by atoms with E-state index in [1.165, 1.54) is 0 Å². The highest BCUT2D eigenvalue weighted by Crippen LogP contribution is 2.20. The van der Waals surface area contributed by atoms with E-state index < -0.39 is 0 Å². The number of carbonyl (C=O) groups excluding carboxylic acids is 1. The first kappa shape index (κ1) is 12.0. The van der Waals surface area contributed by atoms with Crippen LogP contribution in [0.3, 0.4) is 0 Å². The molecule has 2 N–H and O–H groups in total. The lowest BCUT2D eigenvalue weighted by atomic mass is 10.1. The fraction of sp³-hybridized carbons (Fsp3) is 0.417. The molecule has 17 heavy (non-hydrogen) atoms. The molecule has 1 fully saturated rings. The first-order chi connectivity index (χ1) is 8.08. The van der Waals surface area contributed by atoms with Crippen LogP contribution in [0.5, 0.6) is 0 Å². The smallest absolute Gasteiger partial charge is 0.223 e. The minimum atomic E-state index is 0.190. The van der Waals surface area contributed by atoms with Crippen molar-refractivity contribution in [3.8, 4) is 0 Å². The van der Waals surface area contributed by atoms with Gasteiger partial charge in [0, 0.05) is 31.3 Å². The first-order valence-corrected chi connectivity index (χ1v) is 6.00. The minimum absolute atomic E-state index is 0.190. The Bertz CT molecular complexity index is 461. The molecule has 0 aliphatic carbocycles. The predicted molar refractivity (Wildman–Crippen MR) is 69.3 cm³/mol. The molecule has 2 heterocycles. The minimum Gasteiger partial charge on any atom is -0.388 e. The third-order valence-corrected chi connectivity index (χ3v) is 3.09. The molecule has 0 spiro atoms. The van der Waals surface area contributed by atoms with Crippen molar-refractivity contribution in [3.63, 3.8) is 0 Å². The van der Waals surface area contributed by atoms with Crippen molar-refractivity contribution in [2.75, 3.05) is 6.54 Å². The van der Waals surface area contributed by atoms with Crippen molar-refractivity contribution in [2.24, 2.45) is 11.7 Å². The van der Waals surface area contributed by atoms with Crippen LogP contribution in [-0.4, -0.2) is 27.3 Å². The lowest BCUT2D eigenvalue weighted by Gasteiger charge is -2.17. The number of nitrogens with two attached hydrogens (primary N) is 1. The van der Waals surface area contributed by atoms with E-state index in [-0.39, 0.29) is 10.9 Å². The van der Waals surface area contributed by atoms with Crippen molar-refractivity contribution in [2.45, 2.75) is 19.9 Å². The number of rotatable bonds is 3. The Morgan fingerprint density at radius 3 is 3.06 bits per heavy atom. The van der Waals surface area contributed by atoms with Crippen molar-refractivity contribution in [1.29, 1.82) is 0 Å². The maximum Gasteiger partial charge on any atom is 0.223 e. The summed E-state index contributed by atoms with van der Waals surface area (Å²) in [4.78, 5) is 18.0. The molecule has 5 heteroatoms. The van der Waals surface area contributed by atoms with Crippen molar-refractivity contribution in [3.05, 3.63) is 29.6 Å². The van der Waals surface area contributed by atoms with Gasteiger partial charge in [-0.1, -0.05) is 25.2 Å². The van der Waals surface area contributed by atoms with Gasteiger partial charge in [0.15, 0.2) is 0 Å². The summed E-state index contributed by atoms with van der Waals surface area (Å²) in [6.45, 7) is 3.42. The molecule has 1 aromatic heterocycles. The molecular weight excluding hydrogens is 234 g/mol. The Hall–Kier alpha value is -1.49. The van der Waals surface area contributed by atoms with E-state index in [1.54, 1.807) is 6.20 Å². The number of likely N-dealkylation sites (tertiary alicyclic amines) is 1. The van der Waals surface area contributed by atoms with Crippen LogP contribution in [-0.2, 0) is 11.3 Å². The van der Waals surface area contributed by atoms with Crippen molar-refractivity contribution >= 4 is 23.1 Å². The molecule has 4 nitrogen and oxygen atoms in total. The molecule has 1 aromatic rings. The monoisotopic (exact) mass is 249 g/mol. The molecule has 2 rings (SSSR count). The highest BCUT2D eigenvalue weighted by molar-refractivity contribution is 7.80. The van der Waals surface area contributed by atoms with Gasteiger partial charge in [-0.2, -0.15) is 0 Å². The van der Waals surface area contributed by atoms with E-state index in [4.69, 9.17) is 18.0 Å². The fourth-order valence-corrected chi connectivity index (χ4v) is 2.30. The summed E-state index contributed by atoms with van der Waals surface area (Å²) in [5, 5.41) is 0. The molecule has 1 unspecified atom stereocenters. The molecule has 1 aliphatic rings. The Morgan fingerprint density at radius 1 is 1.71 bits per heavy atom. The second kappa shape index (κ2) is 4.79. The van der Waals surface area contributed by atoms with E-state index in [2.05, 4.69) is 11.9 Å². The van der Waals surface area contributed by atoms with Crippen LogP contribution in [0.4, 0.5) is 0 Å². The van der Waals surface area contributed by atoms with Gasteiger partial charge in [-0.25, -0.2) is 0 Å². The van der Waals surface area contributed by atoms with Gasteiger partial charge in [0.1, 0.15) is 10.7 Å². The molecule has 1 amide bonds. The average Bonchev–Trinajstić information content (AvgIpc) is 2.58. The summed E-state index contributed by atoms with van der Waals surface area (Å²) in [5.74, 6) is 0.614. The van der Waals surface area contributed by atoms with Crippen LogP contribution in [0, 0.1) is 5.92 Å². The van der Waals surface area contributed by atoms with E-state index in [0.717, 1.165) is 12.1 Å². The third-order valence-electron chi connectivity index (χ3n) is 2.89. The molecule has 1 aliphatic heterocycles. The van der Waals surface area contributed by atoms with Gasteiger partial charge in [0.25, 0.3) is 0 Å². The number of hydrogen-bond donors (Lipinski definition) is 1. The van der Waals surface area contributed by atoms with Crippen molar-refractivity contribution < 1.29 is 4.79 Å². The zero-order valence-electron chi connectivity index (χ0n) is 9.72. The quantitative estimate of drug-likeness (QED) is 0.815.